The van der Waals surface area contributed by atoms with E-state index in [1.165, 1.54) is 6.07 Å². The summed E-state index contributed by atoms with van der Waals surface area (Å²) in [5.74, 6) is 0.349. The average Bonchev–Trinajstić information content (AvgIpc) is 3.47. The van der Waals surface area contributed by atoms with E-state index in [0.29, 0.717) is 42.8 Å². The SMILES string of the molecule is NCCCOc1ccc2c(c1)CN(C(=O)c1cc3c(C(=O)C4CCCCC4)n[nH]c3cc1O)C2. The van der Waals surface area contributed by atoms with Crippen LogP contribution in [0.1, 0.15) is 70.5 Å². The largest absolute Gasteiger partial charge is 0.507 e. The summed E-state index contributed by atoms with van der Waals surface area (Å²) < 4.78 is 5.73. The Morgan fingerprint density at radius 2 is 1.91 bits per heavy atom. The maximum atomic E-state index is 13.4. The first-order chi connectivity index (χ1) is 16.5. The number of carbonyl (C=O) groups is 2. The molecule has 5 rings (SSSR count). The molecule has 2 heterocycles. The zero-order valence-electron chi connectivity index (χ0n) is 19.2. The van der Waals surface area contributed by atoms with Gasteiger partial charge in [-0.25, -0.2) is 0 Å². The number of hydrogen-bond donors (Lipinski definition) is 3. The third-order valence-electron chi connectivity index (χ3n) is 6.92. The number of nitrogens with one attached hydrogen (secondary N) is 1. The highest BCUT2D eigenvalue weighted by atomic mass is 16.5. The van der Waals surface area contributed by atoms with Gasteiger partial charge in [0.25, 0.3) is 5.91 Å². The molecule has 2 aromatic carbocycles. The molecule has 4 N–H and O–H groups in total. The number of nitrogens with zero attached hydrogens (tertiary/aromatic N) is 2. The standard InChI is InChI=1S/C26H30N4O4/c27-9-4-10-34-19-8-7-17-14-30(15-18(17)11-19)26(33)21-12-20-22(13-23(21)31)28-29-24(20)25(32)16-5-2-1-3-6-16/h7-8,11-13,16,31H,1-6,9-10,14-15,27H2,(H,28,29). The lowest BCUT2D eigenvalue weighted by molar-refractivity contribution is 0.0748. The molecule has 178 valence electrons. The molecule has 34 heavy (non-hydrogen) atoms. The number of Topliss-reactive ketones (excluding diaryl/α,β-unsaturated/α-hetero) is 1. The molecule has 1 amide bonds. The molecule has 1 aliphatic heterocycles. The second-order valence-corrected chi connectivity index (χ2v) is 9.27. The van der Waals surface area contributed by atoms with E-state index in [9.17, 15) is 14.7 Å². The number of amides is 1. The zero-order valence-corrected chi connectivity index (χ0v) is 19.2. The van der Waals surface area contributed by atoms with E-state index in [2.05, 4.69) is 10.2 Å². The van der Waals surface area contributed by atoms with Crippen LogP contribution < -0.4 is 10.5 Å². The van der Waals surface area contributed by atoms with Gasteiger partial charge in [0.15, 0.2) is 5.78 Å². The molecule has 1 saturated carbocycles. The molecule has 0 saturated heterocycles. The number of aromatic hydroxyl groups is 1. The third-order valence-corrected chi connectivity index (χ3v) is 6.92. The number of aromatic amines is 1. The summed E-state index contributed by atoms with van der Waals surface area (Å²) in [5, 5.41) is 18.3. The van der Waals surface area contributed by atoms with Gasteiger partial charge in [-0.15, -0.1) is 0 Å². The van der Waals surface area contributed by atoms with Gasteiger partial charge < -0.3 is 20.5 Å². The van der Waals surface area contributed by atoms with E-state index in [-0.39, 0.29) is 28.9 Å². The molecule has 0 unspecified atom stereocenters. The monoisotopic (exact) mass is 462 g/mol. The van der Waals surface area contributed by atoms with Crippen LogP contribution in [-0.4, -0.2) is 45.0 Å². The Balaban J connectivity index is 1.37. The number of hydrogen-bond acceptors (Lipinski definition) is 6. The topological polar surface area (TPSA) is 122 Å². The Morgan fingerprint density at radius 3 is 2.71 bits per heavy atom. The van der Waals surface area contributed by atoms with Gasteiger partial charge in [0.05, 0.1) is 17.7 Å². The van der Waals surface area contributed by atoms with Crippen LogP contribution in [0.15, 0.2) is 30.3 Å². The molecule has 0 atom stereocenters. The Labute approximate surface area is 198 Å². The van der Waals surface area contributed by atoms with Crippen molar-refractivity contribution in [3.63, 3.8) is 0 Å². The van der Waals surface area contributed by atoms with Crippen LogP contribution >= 0.6 is 0 Å². The Kier molecular flexibility index (Phi) is 6.24. The number of aromatic nitrogens is 2. The maximum Gasteiger partial charge on any atom is 0.258 e. The van der Waals surface area contributed by atoms with E-state index >= 15 is 0 Å². The molecular formula is C26H30N4O4. The highest BCUT2D eigenvalue weighted by Crippen LogP contribution is 2.33. The molecule has 3 aromatic rings. The first-order valence-corrected chi connectivity index (χ1v) is 12.0. The van der Waals surface area contributed by atoms with Crippen LogP contribution in [0.5, 0.6) is 11.5 Å². The summed E-state index contributed by atoms with van der Waals surface area (Å²) in [6, 6.07) is 8.93. The van der Waals surface area contributed by atoms with Gasteiger partial charge in [-0.05, 0) is 55.1 Å². The van der Waals surface area contributed by atoms with Crippen molar-refractivity contribution in [2.75, 3.05) is 13.2 Å². The molecule has 1 aromatic heterocycles. The van der Waals surface area contributed by atoms with Gasteiger partial charge in [0, 0.05) is 30.5 Å². The van der Waals surface area contributed by atoms with Crippen molar-refractivity contribution in [2.45, 2.75) is 51.6 Å². The van der Waals surface area contributed by atoms with Gasteiger partial charge in [-0.2, -0.15) is 5.10 Å². The van der Waals surface area contributed by atoms with Crippen molar-refractivity contribution >= 4 is 22.6 Å². The van der Waals surface area contributed by atoms with Gasteiger partial charge in [-0.3, -0.25) is 14.7 Å². The molecule has 0 radical (unpaired) electrons. The molecule has 0 spiro atoms. The second kappa shape index (κ2) is 9.46. The minimum absolute atomic E-state index is 0.0192. The fourth-order valence-corrected chi connectivity index (χ4v) is 5.02. The summed E-state index contributed by atoms with van der Waals surface area (Å²) in [4.78, 5) is 28.2. The maximum absolute atomic E-state index is 13.4. The van der Waals surface area contributed by atoms with Crippen LogP contribution in [0.25, 0.3) is 10.9 Å². The summed E-state index contributed by atoms with van der Waals surface area (Å²) in [6.07, 6.45) is 5.80. The highest BCUT2D eigenvalue weighted by molar-refractivity contribution is 6.10. The quantitative estimate of drug-likeness (QED) is 0.361. The fourth-order valence-electron chi connectivity index (χ4n) is 5.02. The van der Waals surface area contributed by atoms with E-state index in [4.69, 9.17) is 10.5 Å². The number of H-pyrrole nitrogens is 1. The number of phenols is 1. The molecule has 2 aliphatic rings. The van der Waals surface area contributed by atoms with E-state index in [0.717, 1.165) is 55.4 Å². The average molecular weight is 463 g/mol. The van der Waals surface area contributed by atoms with Crippen molar-refractivity contribution < 1.29 is 19.4 Å². The lowest BCUT2D eigenvalue weighted by Crippen LogP contribution is -2.25. The number of ether oxygens (including phenoxy) is 1. The number of rotatable bonds is 7. The highest BCUT2D eigenvalue weighted by Gasteiger charge is 2.29. The first kappa shape index (κ1) is 22.4. The van der Waals surface area contributed by atoms with E-state index in [1.54, 1.807) is 11.0 Å². The van der Waals surface area contributed by atoms with Crippen molar-refractivity contribution in [3.05, 3.63) is 52.7 Å². The Bertz CT molecular complexity index is 1230. The number of nitrogens with two attached hydrogens (primary N) is 1. The molecule has 0 bridgehead atoms. The van der Waals surface area contributed by atoms with Gasteiger partial charge in [-0.1, -0.05) is 25.3 Å². The normalized spacial score (nSPS) is 16.1. The van der Waals surface area contributed by atoms with Crippen molar-refractivity contribution in [1.29, 1.82) is 0 Å². The number of ketones is 1. The summed E-state index contributed by atoms with van der Waals surface area (Å²) in [5.41, 5.74) is 8.69. The van der Waals surface area contributed by atoms with E-state index in [1.807, 2.05) is 18.2 Å². The van der Waals surface area contributed by atoms with Crippen LogP contribution in [0.2, 0.25) is 0 Å². The van der Waals surface area contributed by atoms with Crippen LogP contribution in [-0.2, 0) is 13.1 Å². The van der Waals surface area contributed by atoms with E-state index < -0.39 is 0 Å². The third kappa shape index (κ3) is 4.25. The minimum Gasteiger partial charge on any atom is -0.507 e. The smallest absolute Gasteiger partial charge is 0.258 e. The van der Waals surface area contributed by atoms with Gasteiger partial charge in [0.1, 0.15) is 17.2 Å². The van der Waals surface area contributed by atoms with Crippen LogP contribution in [0.3, 0.4) is 0 Å². The van der Waals surface area contributed by atoms with Crippen LogP contribution in [0, 0.1) is 5.92 Å². The summed E-state index contributed by atoms with van der Waals surface area (Å²) >= 11 is 0. The Morgan fingerprint density at radius 1 is 1.12 bits per heavy atom. The number of fused-ring (bicyclic) bond motifs is 2. The fraction of sp³-hybridized carbons (Fsp3) is 0.423. The minimum atomic E-state index is -0.279. The van der Waals surface area contributed by atoms with Crippen molar-refractivity contribution in [2.24, 2.45) is 11.7 Å². The van der Waals surface area contributed by atoms with Crippen LogP contribution in [0.4, 0.5) is 0 Å². The zero-order chi connectivity index (χ0) is 23.7. The molecule has 8 nitrogen and oxygen atoms in total. The first-order valence-electron chi connectivity index (χ1n) is 12.0. The lowest BCUT2D eigenvalue weighted by atomic mass is 9.84. The molecule has 1 fully saturated rings. The molecular weight excluding hydrogens is 432 g/mol. The summed E-state index contributed by atoms with van der Waals surface area (Å²) in [7, 11) is 0. The number of benzene rings is 2. The molecule has 8 heteroatoms. The lowest BCUT2D eigenvalue weighted by Gasteiger charge is -2.19. The predicted molar refractivity (Wildman–Crippen MR) is 128 cm³/mol. The Hall–Kier alpha value is -3.39. The van der Waals surface area contributed by atoms with Gasteiger partial charge >= 0.3 is 0 Å². The van der Waals surface area contributed by atoms with Crippen molar-refractivity contribution in [3.8, 4) is 11.5 Å². The van der Waals surface area contributed by atoms with Gasteiger partial charge in [0.2, 0.25) is 0 Å². The summed E-state index contributed by atoms with van der Waals surface area (Å²) in [6.45, 7) is 2.01. The molecule has 1 aliphatic carbocycles. The predicted octanol–water partition coefficient (Wildman–Crippen LogP) is 3.92. The number of phenolic OH excluding ortho intramolecular Hbond substituents is 1. The second-order valence-electron chi connectivity index (χ2n) is 9.27. The van der Waals surface area contributed by atoms with Crippen molar-refractivity contribution in [1.82, 2.24) is 15.1 Å². The number of carbonyl (C=O) groups excluding carboxylic acids is 2.